The molecule has 2 aromatic rings. The molecular formula is C16H18N2O4S. The summed E-state index contributed by atoms with van der Waals surface area (Å²) >= 11 is 0. The van der Waals surface area contributed by atoms with Gasteiger partial charge in [0.1, 0.15) is 5.69 Å². The molecule has 0 N–H and O–H groups in total. The second kappa shape index (κ2) is 6.37. The topological polar surface area (TPSA) is 80.5 Å². The summed E-state index contributed by atoms with van der Waals surface area (Å²) in [7, 11) is -1.74. The lowest BCUT2D eigenvalue weighted by Crippen LogP contribution is -2.18. The van der Waals surface area contributed by atoms with Gasteiger partial charge in [0.2, 0.25) is 0 Å². The molecule has 0 amide bonds. The summed E-state index contributed by atoms with van der Waals surface area (Å²) in [5.41, 5.74) is 2.31. The van der Waals surface area contributed by atoms with Gasteiger partial charge in [-0.05, 0) is 30.2 Å². The molecule has 2 rings (SSSR count). The van der Waals surface area contributed by atoms with Crippen LogP contribution in [0.4, 0.5) is 11.4 Å². The van der Waals surface area contributed by atoms with Crippen LogP contribution in [0.3, 0.4) is 0 Å². The maximum atomic E-state index is 11.6. The van der Waals surface area contributed by atoms with E-state index in [4.69, 9.17) is 0 Å². The monoisotopic (exact) mass is 334 g/mol. The van der Waals surface area contributed by atoms with Crippen LogP contribution < -0.4 is 4.90 Å². The lowest BCUT2D eigenvalue weighted by Gasteiger charge is -2.20. The van der Waals surface area contributed by atoms with Crippen molar-refractivity contribution in [2.45, 2.75) is 18.4 Å². The Bertz CT molecular complexity index is 847. The van der Waals surface area contributed by atoms with Crippen molar-refractivity contribution in [1.29, 1.82) is 0 Å². The Morgan fingerprint density at radius 2 is 1.83 bits per heavy atom. The van der Waals surface area contributed by atoms with Gasteiger partial charge < -0.3 is 4.90 Å². The SMILES string of the molecule is Cc1ccccc1CN(C)c1ccc(S(C)(=O)=O)cc1[N+](=O)[O-]. The number of hydrogen-bond donors (Lipinski definition) is 0. The minimum absolute atomic E-state index is 0.0581. The molecule has 2 aromatic carbocycles. The molecule has 0 heterocycles. The number of nitrogens with zero attached hydrogens (tertiary/aromatic N) is 2. The van der Waals surface area contributed by atoms with E-state index >= 15 is 0 Å². The normalized spacial score (nSPS) is 11.3. The molecule has 7 heteroatoms. The lowest BCUT2D eigenvalue weighted by molar-refractivity contribution is -0.384. The first kappa shape index (κ1) is 17.0. The third-order valence-electron chi connectivity index (χ3n) is 3.65. The van der Waals surface area contributed by atoms with E-state index in [1.807, 2.05) is 31.2 Å². The number of hydrogen-bond acceptors (Lipinski definition) is 5. The first-order valence-corrected chi connectivity index (χ1v) is 8.83. The third kappa shape index (κ3) is 3.87. The third-order valence-corrected chi connectivity index (χ3v) is 4.76. The van der Waals surface area contributed by atoms with Gasteiger partial charge in [-0.1, -0.05) is 24.3 Å². The van der Waals surface area contributed by atoms with Gasteiger partial charge in [0, 0.05) is 25.9 Å². The molecule has 0 radical (unpaired) electrons. The fraction of sp³-hybridized carbons (Fsp3) is 0.250. The second-order valence-corrected chi connectivity index (χ2v) is 7.48. The largest absolute Gasteiger partial charge is 0.365 e. The summed E-state index contributed by atoms with van der Waals surface area (Å²) in [6, 6.07) is 11.8. The lowest BCUT2D eigenvalue weighted by atomic mass is 10.1. The summed E-state index contributed by atoms with van der Waals surface area (Å²) in [4.78, 5) is 12.4. The van der Waals surface area contributed by atoms with E-state index in [0.717, 1.165) is 23.4 Å². The summed E-state index contributed by atoms with van der Waals surface area (Å²) in [6.07, 6.45) is 1.03. The summed E-state index contributed by atoms with van der Waals surface area (Å²) < 4.78 is 23.2. The zero-order chi connectivity index (χ0) is 17.2. The molecule has 0 spiro atoms. The standard InChI is InChI=1S/C16H18N2O4S/c1-12-6-4-5-7-13(12)11-17(2)15-9-8-14(23(3,21)22)10-16(15)18(19)20/h4-10H,11H2,1-3H3. The van der Waals surface area contributed by atoms with Crippen LogP contribution in [0, 0.1) is 17.0 Å². The molecule has 6 nitrogen and oxygen atoms in total. The van der Waals surface area contributed by atoms with E-state index in [0.29, 0.717) is 12.2 Å². The fourth-order valence-electron chi connectivity index (χ4n) is 2.33. The highest BCUT2D eigenvalue weighted by molar-refractivity contribution is 7.90. The number of sulfone groups is 1. The highest BCUT2D eigenvalue weighted by atomic mass is 32.2. The van der Waals surface area contributed by atoms with Gasteiger partial charge in [0.25, 0.3) is 5.69 Å². The average Bonchev–Trinajstić information content (AvgIpc) is 2.48. The number of aryl methyl sites for hydroxylation is 1. The Balaban J connectivity index is 2.42. The molecular weight excluding hydrogens is 316 g/mol. The number of benzene rings is 2. The van der Waals surface area contributed by atoms with E-state index in [1.165, 1.54) is 12.1 Å². The van der Waals surface area contributed by atoms with Crippen molar-refractivity contribution < 1.29 is 13.3 Å². The Morgan fingerprint density at radius 1 is 1.17 bits per heavy atom. The quantitative estimate of drug-likeness (QED) is 0.620. The zero-order valence-corrected chi connectivity index (χ0v) is 14.0. The van der Waals surface area contributed by atoms with Crippen LogP contribution in [0.2, 0.25) is 0 Å². The minimum atomic E-state index is -3.49. The van der Waals surface area contributed by atoms with Crippen LogP contribution >= 0.6 is 0 Å². The maximum absolute atomic E-state index is 11.6. The van der Waals surface area contributed by atoms with E-state index in [2.05, 4.69) is 0 Å². The highest BCUT2D eigenvalue weighted by Crippen LogP contribution is 2.31. The molecule has 23 heavy (non-hydrogen) atoms. The van der Waals surface area contributed by atoms with Gasteiger partial charge in [-0.15, -0.1) is 0 Å². The van der Waals surface area contributed by atoms with Gasteiger partial charge >= 0.3 is 0 Å². The Morgan fingerprint density at radius 3 is 2.39 bits per heavy atom. The van der Waals surface area contributed by atoms with Crippen molar-refractivity contribution in [2.24, 2.45) is 0 Å². The van der Waals surface area contributed by atoms with Crippen molar-refractivity contribution in [3.8, 4) is 0 Å². The van der Waals surface area contributed by atoms with Gasteiger partial charge in [-0.3, -0.25) is 10.1 Å². The van der Waals surface area contributed by atoms with Crippen molar-refractivity contribution in [3.05, 3.63) is 63.7 Å². The maximum Gasteiger partial charge on any atom is 0.293 e. The Labute approximate surface area is 135 Å². The van der Waals surface area contributed by atoms with Crippen molar-refractivity contribution in [1.82, 2.24) is 0 Å². The summed E-state index contributed by atoms with van der Waals surface area (Å²) in [5.74, 6) is 0. The first-order chi connectivity index (χ1) is 10.7. The molecule has 0 aliphatic carbocycles. The van der Waals surface area contributed by atoms with Crippen LogP contribution in [0.15, 0.2) is 47.4 Å². The highest BCUT2D eigenvalue weighted by Gasteiger charge is 2.21. The van der Waals surface area contributed by atoms with Crippen LogP contribution in [0.1, 0.15) is 11.1 Å². The van der Waals surface area contributed by atoms with E-state index in [-0.39, 0.29) is 10.6 Å². The van der Waals surface area contributed by atoms with Gasteiger partial charge in [-0.25, -0.2) is 8.42 Å². The smallest absolute Gasteiger partial charge is 0.293 e. The zero-order valence-electron chi connectivity index (χ0n) is 13.2. The van der Waals surface area contributed by atoms with Gasteiger partial charge in [0.15, 0.2) is 9.84 Å². The van der Waals surface area contributed by atoms with E-state index in [9.17, 15) is 18.5 Å². The van der Waals surface area contributed by atoms with Crippen molar-refractivity contribution in [2.75, 3.05) is 18.2 Å². The first-order valence-electron chi connectivity index (χ1n) is 6.94. The molecule has 122 valence electrons. The Hall–Kier alpha value is -2.41. The van der Waals surface area contributed by atoms with Crippen LogP contribution in [-0.4, -0.2) is 26.6 Å². The van der Waals surface area contributed by atoms with Gasteiger partial charge in [-0.2, -0.15) is 0 Å². The molecule has 0 saturated heterocycles. The molecule has 0 saturated carbocycles. The Kier molecular flexibility index (Phi) is 4.70. The molecule has 0 aliphatic heterocycles. The van der Waals surface area contributed by atoms with Crippen LogP contribution in [-0.2, 0) is 16.4 Å². The molecule has 0 atom stereocenters. The fourth-order valence-corrected chi connectivity index (χ4v) is 2.97. The molecule has 0 aliphatic rings. The van der Waals surface area contributed by atoms with Crippen LogP contribution in [0.25, 0.3) is 0 Å². The second-order valence-electron chi connectivity index (χ2n) is 5.46. The predicted molar refractivity (Wildman–Crippen MR) is 89.5 cm³/mol. The number of nitro groups is 1. The molecule has 0 fully saturated rings. The van der Waals surface area contributed by atoms with Crippen molar-refractivity contribution >= 4 is 21.2 Å². The van der Waals surface area contributed by atoms with Crippen LogP contribution in [0.5, 0.6) is 0 Å². The van der Waals surface area contributed by atoms with Crippen molar-refractivity contribution in [3.63, 3.8) is 0 Å². The minimum Gasteiger partial charge on any atom is -0.365 e. The van der Waals surface area contributed by atoms with E-state index in [1.54, 1.807) is 11.9 Å². The average molecular weight is 334 g/mol. The van der Waals surface area contributed by atoms with Gasteiger partial charge in [0.05, 0.1) is 9.82 Å². The predicted octanol–water partition coefficient (Wildman–Crippen LogP) is 2.94. The summed E-state index contributed by atoms with van der Waals surface area (Å²) in [6.45, 7) is 2.47. The summed E-state index contributed by atoms with van der Waals surface area (Å²) in [5, 5.41) is 11.3. The van der Waals surface area contributed by atoms with E-state index < -0.39 is 14.8 Å². The molecule has 0 aromatic heterocycles. The number of rotatable bonds is 5. The molecule has 0 unspecified atom stereocenters. The number of anilines is 1. The number of nitro benzene ring substituents is 1. The molecule has 0 bridgehead atoms.